The number of phosphoric ester groups is 2. The SMILES string of the molecule is CCCCCCCCCCCCCCCCCCCCC(=O)O[C@H](COC(=O)CCCCCCCCCCCCCCCCCCC)COP(=O)(O)OC[C@@H](O)COP(=O)(O)OC[C@@H](COC(=O)CCCCCCC)OC(=O)CCCCCCCCC. The molecule has 0 aromatic heterocycles. The molecule has 17 nitrogen and oxygen atoms in total. The Labute approximate surface area is 530 Å². The van der Waals surface area contributed by atoms with Crippen LogP contribution in [0.5, 0.6) is 0 Å². The van der Waals surface area contributed by atoms with E-state index in [4.69, 9.17) is 37.0 Å². The van der Waals surface area contributed by atoms with E-state index in [1.807, 2.05) is 0 Å². The molecule has 0 aromatic carbocycles. The number of carbonyl (C=O) groups excluding carboxylic acids is 4. The number of esters is 4. The zero-order chi connectivity index (χ0) is 64.0. The second-order valence-corrected chi connectivity index (χ2v) is 27.5. The van der Waals surface area contributed by atoms with Gasteiger partial charge in [0, 0.05) is 25.7 Å². The Morgan fingerprint density at radius 3 is 0.678 bits per heavy atom. The van der Waals surface area contributed by atoms with Crippen molar-refractivity contribution in [3.63, 3.8) is 0 Å². The second kappa shape index (κ2) is 62.8. The Balaban J connectivity index is 5.10. The summed E-state index contributed by atoms with van der Waals surface area (Å²) in [5.74, 6) is -2.14. The lowest BCUT2D eigenvalue weighted by molar-refractivity contribution is -0.161. The van der Waals surface area contributed by atoms with E-state index in [2.05, 4.69) is 27.7 Å². The number of rotatable bonds is 69. The molecule has 19 heteroatoms. The van der Waals surface area contributed by atoms with Gasteiger partial charge in [0.25, 0.3) is 0 Å². The van der Waals surface area contributed by atoms with E-state index in [1.54, 1.807) is 0 Å². The number of ether oxygens (including phenoxy) is 4. The van der Waals surface area contributed by atoms with Crippen LogP contribution in [0.15, 0.2) is 0 Å². The van der Waals surface area contributed by atoms with Crippen LogP contribution < -0.4 is 0 Å². The number of aliphatic hydroxyl groups is 1. The summed E-state index contributed by atoms with van der Waals surface area (Å²) in [6.45, 7) is 4.80. The molecule has 87 heavy (non-hydrogen) atoms. The van der Waals surface area contributed by atoms with Crippen LogP contribution in [0.1, 0.15) is 355 Å². The van der Waals surface area contributed by atoms with Crippen molar-refractivity contribution in [2.45, 2.75) is 373 Å². The Hall–Kier alpha value is -1.94. The fourth-order valence-electron chi connectivity index (χ4n) is 10.3. The van der Waals surface area contributed by atoms with E-state index < -0.39 is 97.5 Å². The molecular weight excluding hydrogens is 1150 g/mol. The lowest BCUT2D eigenvalue weighted by Crippen LogP contribution is -2.30. The minimum absolute atomic E-state index is 0.103. The van der Waals surface area contributed by atoms with Crippen LogP contribution in [0, 0.1) is 0 Å². The molecule has 5 atom stereocenters. The molecule has 0 heterocycles. The molecule has 0 radical (unpaired) electrons. The van der Waals surface area contributed by atoms with Gasteiger partial charge in [-0.2, -0.15) is 0 Å². The van der Waals surface area contributed by atoms with Gasteiger partial charge in [-0.25, -0.2) is 9.13 Å². The maximum absolute atomic E-state index is 13.0. The molecule has 3 N–H and O–H groups in total. The maximum Gasteiger partial charge on any atom is 0.472 e. The van der Waals surface area contributed by atoms with E-state index in [0.29, 0.717) is 25.7 Å². The van der Waals surface area contributed by atoms with Crippen molar-refractivity contribution in [3.05, 3.63) is 0 Å². The van der Waals surface area contributed by atoms with Crippen LogP contribution in [0.3, 0.4) is 0 Å². The molecule has 0 spiro atoms. The number of hydrogen-bond donors (Lipinski definition) is 3. The predicted octanol–water partition coefficient (Wildman–Crippen LogP) is 19.5. The number of unbranched alkanes of at least 4 members (excludes halogenated alkanes) is 43. The topological polar surface area (TPSA) is 237 Å². The fourth-order valence-corrected chi connectivity index (χ4v) is 11.9. The molecule has 0 aliphatic carbocycles. The molecular formula is C68H132O17P2. The normalized spacial score (nSPS) is 14.1. The third-order valence-electron chi connectivity index (χ3n) is 15.9. The van der Waals surface area contributed by atoms with Crippen molar-refractivity contribution >= 4 is 39.5 Å². The summed E-state index contributed by atoms with van der Waals surface area (Å²) in [6, 6.07) is 0. The van der Waals surface area contributed by atoms with Crippen molar-refractivity contribution in [2.75, 3.05) is 39.6 Å². The van der Waals surface area contributed by atoms with Crippen LogP contribution in [-0.4, -0.2) is 96.7 Å². The quantitative estimate of drug-likeness (QED) is 0.0222. The van der Waals surface area contributed by atoms with Crippen molar-refractivity contribution in [2.24, 2.45) is 0 Å². The smallest absolute Gasteiger partial charge is 0.462 e. The molecule has 0 saturated heterocycles. The molecule has 0 rings (SSSR count). The number of phosphoric acid groups is 2. The van der Waals surface area contributed by atoms with Gasteiger partial charge in [-0.3, -0.25) is 37.3 Å². The Bertz CT molecular complexity index is 1670. The molecule has 0 aromatic rings. The summed E-state index contributed by atoms with van der Waals surface area (Å²) in [7, 11) is -9.88. The number of carbonyl (C=O) groups is 4. The molecule has 0 fully saturated rings. The summed E-state index contributed by atoms with van der Waals surface area (Å²) in [5, 5.41) is 10.5. The molecule has 0 saturated carbocycles. The van der Waals surface area contributed by atoms with Gasteiger partial charge in [0.05, 0.1) is 26.4 Å². The molecule has 2 unspecified atom stereocenters. The first kappa shape index (κ1) is 85.1. The summed E-state index contributed by atoms with van der Waals surface area (Å²) in [5.41, 5.74) is 0. The third-order valence-corrected chi connectivity index (χ3v) is 17.8. The summed E-state index contributed by atoms with van der Waals surface area (Å²) in [4.78, 5) is 72.0. The molecule has 0 aliphatic heterocycles. The first-order valence-corrected chi connectivity index (χ1v) is 38.8. The monoisotopic (exact) mass is 1280 g/mol. The fraction of sp³-hybridized carbons (Fsp3) is 0.941. The van der Waals surface area contributed by atoms with Gasteiger partial charge in [0.1, 0.15) is 19.3 Å². The summed E-state index contributed by atoms with van der Waals surface area (Å²) in [6.07, 6.45) is 50.6. The number of aliphatic hydroxyl groups excluding tert-OH is 1. The lowest BCUT2D eigenvalue weighted by Gasteiger charge is -2.21. The summed E-state index contributed by atoms with van der Waals surface area (Å²) < 4.78 is 67.8. The zero-order valence-corrected chi connectivity index (χ0v) is 57.8. The van der Waals surface area contributed by atoms with Crippen molar-refractivity contribution in [3.8, 4) is 0 Å². The largest absolute Gasteiger partial charge is 0.472 e. The van der Waals surface area contributed by atoms with Gasteiger partial charge in [0.2, 0.25) is 0 Å². The number of hydrogen-bond acceptors (Lipinski definition) is 15. The van der Waals surface area contributed by atoms with Crippen LogP contribution >= 0.6 is 15.6 Å². The highest BCUT2D eigenvalue weighted by Crippen LogP contribution is 2.45. The Morgan fingerprint density at radius 2 is 0.460 bits per heavy atom. The maximum atomic E-state index is 13.0. The highest BCUT2D eigenvalue weighted by Gasteiger charge is 2.30. The average molecular weight is 1280 g/mol. The minimum Gasteiger partial charge on any atom is -0.462 e. The van der Waals surface area contributed by atoms with Gasteiger partial charge in [-0.05, 0) is 25.7 Å². The molecule has 516 valence electrons. The van der Waals surface area contributed by atoms with E-state index in [9.17, 15) is 43.2 Å². The summed E-state index contributed by atoms with van der Waals surface area (Å²) >= 11 is 0. The van der Waals surface area contributed by atoms with Crippen LogP contribution in [0.25, 0.3) is 0 Å². The van der Waals surface area contributed by atoms with Crippen LogP contribution in [0.4, 0.5) is 0 Å². The van der Waals surface area contributed by atoms with E-state index in [1.165, 1.54) is 167 Å². The van der Waals surface area contributed by atoms with Gasteiger partial charge in [-0.15, -0.1) is 0 Å². The van der Waals surface area contributed by atoms with Crippen molar-refractivity contribution < 1.29 is 80.2 Å². The highest BCUT2D eigenvalue weighted by molar-refractivity contribution is 7.47. The average Bonchev–Trinajstić information content (AvgIpc) is 3.52. The first-order valence-electron chi connectivity index (χ1n) is 35.8. The Morgan fingerprint density at radius 1 is 0.276 bits per heavy atom. The van der Waals surface area contributed by atoms with Crippen LogP contribution in [-0.2, 0) is 65.4 Å². The lowest BCUT2D eigenvalue weighted by atomic mass is 10.0. The standard InChI is InChI=1S/C68H132O17P2/c1-5-9-13-17-20-22-24-26-28-30-32-34-36-38-40-43-47-51-55-68(73)85-64(59-79-66(71)53-49-45-42-39-37-35-33-31-29-27-25-23-21-18-14-10-6-2)61-83-87(76,77)81-57-62(69)56-80-86(74,75)82-60-63(58-78-65(70)52-48-44-16-12-8-4)84-67(72)54-50-46-41-19-15-11-7-3/h62-64,69H,5-61H2,1-4H3,(H,74,75)(H,76,77)/t62-,63+,64+/m0/s1. The Kier molecular flexibility index (Phi) is 61.4. The zero-order valence-electron chi connectivity index (χ0n) is 56.0. The highest BCUT2D eigenvalue weighted by atomic mass is 31.2. The van der Waals surface area contributed by atoms with Gasteiger partial charge in [0.15, 0.2) is 12.2 Å². The van der Waals surface area contributed by atoms with Gasteiger partial charge >= 0.3 is 39.5 Å². The minimum atomic E-state index is -4.95. The third kappa shape index (κ3) is 62.6. The van der Waals surface area contributed by atoms with Crippen LogP contribution in [0.2, 0.25) is 0 Å². The van der Waals surface area contributed by atoms with E-state index >= 15 is 0 Å². The first-order chi connectivity index (χ1) is 42.2. The van der Waals surface area contributed by atoms with E-state index in [-0.39, 0.29) is 25.7 Å². The van der Waals surface area contributed by atoms with E-state index in [0.717, 1.165) is 109 Å². The molecule has 0 amide bonds. The second-order valence-electron chi connectivity index (χ2n) is 24.6. The van der Waals surface area contributed by atoms with Gasteiger partial charge < -0.3 is 33.8 Å². The van der Waals surface area contributed by atoms with Crippen molar-refractivity contribution in [1.29, 1.82) is 0 Å². The van der Waals surface area contributed by atoms with Gasteiger partial charge in [-0.1, -0.05) is 304 Å². The molecule has 0 aliphatic rings. The predicted molar refractivity (Wildman–Crippen MR) is 349 cm³/mol. The molecule has 0 bridgehead atoms. The van der Waals surface area contributed by atoms with Crippen molar-refractivity contribution in [1.82, 2.24) is 0 Å².